The van der Waals surface area contributed by atoms with Crippen LogP contribution in [-0.4, -0.2) is 36.0 Å². The summed E-state index contributed by atoms with van der Waals surface area (Å²) in [6, 6.07) is 13.4. The van der Waals surface area contributed by atoms with Gasteiger partial charge in [-0.1, -0.05) is 29.8 Å². The van der Waals surface area contributed by atoms with Crippen molar-refractivity contribution in [1.82, 2.24) is 14.5 Å². The number of sulfonamides is 1. The van der Waals surface area contributed by atoms with Crippen molar-refractivity contribution in [2.75, 3.05) is 13.1 Å². The molecular weight excluding hydrogens is 393 g/mol. The third-order valence-corrected chi connectivity index (χ3v) is 7.01. The molecule has 152 valence electrons. The van der Waals surface area contributed by atoms with Gasteiger partial charge in [-0.05, 0) is 49.6 Å². The molecule has 29 heavy (non-hydrogen) atoms. The maximum absolute atomic E-state index is 13.1. The quantitative estimate of drug-likeness (QED) is 0.632. The lowest BCUT2D eigenvalue weighted by Crippen LogP contribution is -2.38. The lowest BCUT2D eigenvalue weighted by molar-refractivity contribution is 0.291. The van der Waals surface area contributed by atoms with Gasteiger partial charge in [0.1, 0.15) is 5.82 Å². The van der Waals surface area contributed by atoms with Gasteiger partial charge in [0.05, 0.1) is 5.75 Å². The highest BCUT2D eigenvalue weighted by molar-refractivity contribution is 7.88. The fourth-order valence-electron chi connectivity index (χ4n) is 3.59. The standard InChI is InChI=1S/C21H22FN3O3S/c1-15-3-2-4-16(13-15)14-29(26,27)25-11-9-18(10-12-25)21-24-23-20(28-21)17-5-7-19(22)8-6-17/h2-8,13,18H,9-12,14H2,1H3. The van der Waals surface area contributed by atoms with Crippen LogP contribution >= 0.6 is 0 Å². The molecule has 3 aromatic rings. The van der Waals surface area contributed by atoms with Crippen LogP contribution < -0.4 is 0 Å². The third kappa shape index (κ3) is 4.54. The lowest BCUT2D eigenvalue weighted by Gasteiger charge is -2.29. The van der Waals surface area contributed by atoms with E-state index in [1.807, 2.05) is 31.2 Å². The fourth-order valence-corrected chi connectivity index (χ4v) is 5.14. The van der Waals surface area contributed by atoms with Crippen molar-refractivity contribution < 1.29 is 17.2 Å². The molecule has 0 unspecified atom stereocenters. The Labute approximate surface area is 169 Å². The Hall–Kier alpha value is -2.58. The Morgan fingerprint density at radius 3 is 2.52 bits per heavy atom. The zero-order valence-corrected chi connectivity index (χ0v) is 16.9. The Bertz CT molecular complexity index is 1090. The molecule has 0 atom stereocenters. The van der Waals surface area contributed by atoms with Gasteiger partial charge in [0.2, 0.25) is 21.8 Å². The number of hydrogen-bond acceptors (Lipinski definition) is 5. The SMILES string of the molecule is Cc1cccc(CS(=O)(=O)N2CCC(c3nnc(-c4ccc(F)cc4)o3)CC2)c1. The fraction of sp³-hybridized carbons (Fsp3) is 0.333. The Morgan fingerprint density at radius 2 is 1.83 bits per heavy atom. The van der Waals surface area contributed by atoms with Gasteiger partial charge in [0, 0.05) is 24.6 Å². The molecule has 1 aromatic heterocycles. The minimum atomic E-state index is -3.37. The lowest BCUT2D eigenvalue weighted by atomic mass is 9.98. The molecule has 0 N–H and O–H groups in total. The maximum Gasteiger partial charge on any atom is 0.247 e. The van der Waals surface area contributed by atoms with E-state index in [0.717, 1.165) is 11.1 Å². The molecule has 2 heterocycles. The zero-order valence-electron chi connectivity index (χ0n) is 16.1. The molecule has 0 saturated carbocycles. The van der Waals surface area contributed by atoms with E-state index in [1.165, 1.54) is 12.1 Å². The van der Waals surface area contributed by atoms with E-state index in [4.69, 9.17) is 4.42 Å². The molecule has 1 saturated heterocycles. The number of halogens is 1. The molecule has 4 rings (SSSR count). The zero-order chi connectivity index (χ0) is 20.4. The minimum Gasteiger partial charge on any atom is -0.420 e. The number of aryl methyl sites for hydroxylation is 1. The van der Waals surface area contributed by atoms with Crippen molar-refractivity contribution >= 4 is 10.0 Å². The van der Waals surface area contributed by atoms with Crippen molar-refractivity contribution in [1.29, 1.82) is 0 Å². The molecule has 8 heteroatoms. The van der Waals surface area contributed by atoms with Gasteiger partial charge in [0.25, 0.3) is 0 Å². The van der Waals surface area contributed by atoms with Gasteiger partial charge in [-0.25, -0.2) is 17.1 Å². The molecule has 0 bridgehead atoms. The Balaban J connectivity index is 1.40. The largest absolute Gasteiger partial charge is 0.420 e. The normalized spacial score (nSPS) is 16.2. The van der Waals surface area contributed by atoms with Gasteiger partial charge < -0.3 is 4.42 Å². The summed E-state index contributed by atoms with van der Waals surface area (Å²) in [7, 11) is -3.37. The summed E-state index contributed by atoms with van der Waals surface area (Å²) in [6.07, 6.45) is 1.25. The van der Waals surface area contributed by atoms with E-state index in [1.54, 1.807) is 16.4 Å². The number of benzene rings is 2. The summed E-state index contributed by atoms with van der Waals surface area (Å²) in [4.78, 5) is 0. The average Bonchev–Trinajstić information content (AvgIpc) is 3.18. The monoisotopic (exact) mass is 415 g/mol. The first-order valence-electron chi connectivity index (χ1n) is 9.53. The highest BCUT2D eigenvalue weighted by atomic mass is 32.2. The van der Waals surface area contributed by atoms with Crippen LogP contribution in [0.1, 0.15) is 35.8 Å². The molecule has 6 nitrogen and oxygen atoms in total. The van der Waals surface area contributed by atoms with Crippen LogP contribution in [0.4, 0.5) is 4.39 Å². The van der Waals surface area contributed by atoms with Gasteiger partial charge in [-0.2, -0.15) is 0 Å². The number of rotatable bonds is 5. The molecule has 1 aliphatic rings. The number of hydrogen-bond donors (Lipinski definition) is 0. The number of aromatic nitrogens is 2. The van der Waals surface area contributed by atoms with Gasteiger partial charge in [-0.3, -0.25) is 0 Å². The highest BCUT2D eigenvalue weighted by Gasteiger charge is 2.31. The predicted molar refractivity (Wildman–Crippen MR) is 107 cm³/mol. The highest BCUT2D eigenvalue weighted by Crippen LogP contribution is 2.31. The van der Waals surface area contributed by atoms with Crippen LogP contribution in [0.3, 0.4) is 0 Å². The first kappa shape index (κ1) is 19.7. The number of nitrogens with zero attached hydrogens (tertiary/aromatic N) is 3. The molecule has 2 aromatic carbocycles. The first-order valence-corrected chi connectivity index (χ1v) is 11.1. The first-order chi connectivity index (χ1) is 13.9. The van der Waals surface area contributed by atoms with E-state index >= 15 is 0 Å². The summed E-state index contributed by atoms with van der Waals surface area (Å²) in [5.74, 6) is 0.540. The smallest absolute Gasteiger partial charge is 0.247 e. The van der Waals surface area contributed by atoms with E-state index in [-0.39, 0.29) is 17.5 Å². The summed E-state index contributed by atoms with van der Waals surface area (Å²) in [5.41, 5.74) is 2.50. The van der Waals surface area contributed by atoms with Crippen LogP contribution in [-0.2, 0) is 15.8 Å². The molecule has 0 amide bonds. The summed E-state index contributed by atoms with van der Waals surface area (Å²) in [5, 5.41) is 8.18. The third-order valence-electron chi connectivity index (χ3n) is 5.16. The van der Waals surface area contributed by atoms with Crippen LogP contribution in [0.2, 0.25) is 0 Å². The van der Waals surface area contributed by atoms with Gasteiger partial charge in [-0.15, -0.1) is 10.2 Å². The van der Waals surface area contributed by atoms with Crippen molar-refractivity contribution in [3.63, 3.8) is 0 Å². The van der Waals surface area contributed by atoms with Crippen molar-refractivity contribution in [3.8, 4) is 11.5 Å². The molecular formula is C21H22FN3O3S. The second-order valence-electron chi connectivity index (χ2n) is 7.37. The average molecular weight is 415 g/mol. The van der Waals surface area contributed by atoms with Crippen molar-refractivity contribution in [3.05, 3.63) is 71.4 Å². The van der Waals surface area contributed by atoms with E-state index in [0.29, 0.717) is 43.3 Å². The van der Waals surface area contributed by atoms with E-state index in [2.05, 4.69) is 10.2 Å². The van der Waals surface area contributed by atoms with Crippen LogP contribution in [0.5, 0.6) is 0 Å². The molecule has 0 spiro atoms. The summed E-state index contributed by atoms with van der Waals surface area (Å²) < 4.78 is 45.9. The van der Waals surface area contributed by atoms with Crippen LogP contribution in [0.15, 0.2) is 52.9 Å². The van der Waals surface area contributed by atoms with Crippen molar-refractivity contribution in [2.24, 2.45) is 0 Å². The summed E-state index contributed by atoms with van der Waals surface area (Å²) >= 11 is 0. The second-order valence-corrected chi connectivity index (χ2v) is 9.34. The molecule has 1 fully saturated rings. The van der Waals surface area contributed by atoms with Gasteiger partial charge >= 0.3 is 0 Å². The maximum atomic E-state index is 13.1. The van der Waals surface area contributed by atoms with E-state index < -0.39 is 10.0 Å². The molecule has 1 aliphatic heterocycles. The predicted octanol–water partition coefficient (Wildman–Crippen LogP) is 3.89. The van der Waals surface area contributed by atoms with E-state index in [9.17, 15) is 12.8 Å². The Kier molecular flexibility index (Phi) is 5.47. The number of piperidine rings is 1. The second kappa shape index (κ2) is 8.04. The minimum absolute atomic E-state index is 0.00855. The molecule has 0 aliphatic carbocycles. The molecule has 0 radical (unpaired) electrons. The van der Waals surface area contributed by atoms with Crippen LogP contribution in [0.25, 0.3) is 11.5 Å². The van der Waals surface area contributed by atoms with Crippen molar-refractivity contribution in [2.45, 2.75) is 31.4 Å². The topological polar surface area (TPSA) is 76.3 Å². The Morgan fingerprint density at radius 1 is 1.10 bits per heavy atom. The van der Waals surface area contributed by atoms with Gasteiger partial charge in [0.15, 0.2) is 0 Å². The van der Waals surface area contributed by atoms with Crippen LogP contribution in [0, 0.1) is 12.7 Å². The summed E-state index contributed by atoms with van der Waals surface area (Å²) in [6.45, 7) is 2.80.